The van der Waals surface area contributed by atoms with Gasteiger partial charge in [-0.05, 0) is 44.9 Å². The third-order valence-corrected chi connectivity index (χ3v) is 3.81. The molecule has 2 fully saturated rings. The fraction of sp³-hybridized carbons (Fsp3) is 0.769. The number of hydrogen-bond donors (Lipinski definition) is 1. The molecule has 0 radical (unpaired) electrons. The molecule has 3 heteroatoms. The molecule has 0 spiro atoms. The monoisotopic (exact) mass is 222 g/mol. The van der Waals surface area contributed by atoms with Gasteiger partial charge in [-0.15, -0.1) is 0 Å². The average molecular weight is 222 g/mol. The lowest BCUT2D eigenvalue weighted by atomic mass is 9.79. The van der Waals surface area contributed by atoms with Gasteiger partial charge in [0.05, 0.1) is 0 Å². The van der Waals surface area contributed by atoms with E-state index in [1.165, 1.54) is 6.42 Å². The van der Waals surface area contributed by atoms with Crippen molar-refractivity contribution in [2.24, 2.45) is 17.6 Å². The zero-order chi connectivity index (χ0) is 11.7. The molecule has 2 N–H and O–H groups in total. The molecule has 2 aliphatic rings. The van der Waals surface area contributed by atoms with Gasteiger partial charge in [0.15, 0.2) is 0 Å². The van der Waals surface area contributed by atoms with Crippen molar-refractivity contribution in [3.8, 4) is 0 Å². The molecule has 16 heavy (non-hydrogen) atoms. The van der Waals surface area contributed by atoms with Crippen molar-refractivity contribution < 1.29 is 4.79 Å². The van der Waals surface area contributed by atoms with E-state index < -0.39 is 0 Å². The molecule has 2 rings (SSSR count). The van der Waals surface area contributed by atoms with Crippen LogP contribution in [0.3, 0.4) is 0 Å². The van der Waals surface area contributed by atoms with E-state index in [2.05, 4.69) is 0 Å². The Hall–Kier alpha value is -0.830. The summed E-state index contributed by atoms with van der Waals surface area (Å²) in [5.74, 6) is 1.54. The van der Waals surface area contributed by atoms with Gasteiger partial charge < -0.3 is 10.6 Å². The fourth-order valence-corrected chi connectivity index (χ4v) is 2.99. The van der Waals surface area contributed by atoms with Crippen molar-refractivity contribution in [3.05, 3.63) is 11.6 Å². The molecule has 1 saturated heterocycles. The molecule has 1 amide bonds. The van der Waals surface area contributed by atoms with Crippen molar-refractivity contribution in [2.75, 3.05) is 13.1 Å². The zero-order valence-electron chi connectivity index (χ0n) is 10.3. The molecule has 0 aromatic heterocycles. The van der Waals surface area contributed by atoms with Gasteiger partial charge in [-0.3, -0.25) is 4.79 Å². The number of rotatable bonds is 1. The Labute approximate surface area is 97.7 Å². The smallest absolute Gasteiger partial charge is 0.246 e. The summed E-state index contributed by atoms with van der Waals surface area (Å²) in [6.07, 6.45) is 5.18. The number of likely N-dealkylation sites (tertiary alicyclic amines) is 1. The van der Waals surface area contributed by atoms with Crippen molar-refractivity contribution in [1.82, 2.24) is 4.90 Å². The van der Waals surface area contributed by atoms with Crippen LogP contribution in [0.1, 0.15) is 33.1 Å². The fourth-order valence-electron chi connectivity index (χ4n) is 2.99. The molecular formula is C13H22N2O. The summed E-state index contributed by atoms with van der Waals surface area (Å²) in [6.45, 7) is 5.80. The average Bonchev–Trinajstić information content (AvgIpc) is 2.59. The van der Waals surface area contributed by atoms with Crippen LogP contribution in [0.15, 0.2) is 11.6 Å². The van der Waals surface area contributed by atoms with Gasteiger partial charge >= 0.3 is 0 Å². The van der Waals surface area contributed by atoms with Crippen molar-refractivity contribution in [2.45, 2.75) is 39.2 Å². The second-order valence-corrected chi connectivity index (χ2v) is 5.56. The number of amides is 1. The molecule has 0 aromatic rings. The summed E-state index contributed by atoms with van der Waals surface area (Å²) in [7, 11) is 0. The van der Waals surface area contributed by atoms with Gasteiger partial charge in [-0.1, -0.05) is 5.57 Å². The van der Waals surface area contributed by atoms with Crippen LogP contribution in [-0.4, -0.2) is 29.9 Å². The highest BCUT2D eigenvalue weighted by molar-refractivity contribution is 5.88. The van der Waals surface area contributed by atoms with Gasteiger partial charge in [0.2, 0.25) is 5.91 Å². The molecule has 0 aromatic carbocycles. The van der Waals surface area contributed by atoms with Gasteiger partial charge in [0, 0.05) is 25.2 Å². The maximum Gasteiger partial charge on any atom is 0.246 e. The van der Waals surface area contributed by atoms with Crippen molar-refractivity contribution in [1.29, 1.82) is 0 Å². The summed E-state index contributed by atoms with van der Waals surface area (Å²) in [5.41, 5.74) is 7.06. The van der Waals surface area contributed by atoms with E-state index in [9.17, 15) is 4.79 Å². The van der Waals surface area contributed by atoms with Gasteiger partial charge in [0.25, 0.3) is 0 Å². The maximum absolute atomic E-state index is 11.9. The minimum absolute atomic E-state index is 0.183. The maximum atomic E-state index is 11.9. The highest BCUT2D eigenvalue weighted by Crippen LogP contribution is 2.35. The van der Waals surface area contributed by atoms with Crippen molar-refractivity contribution >= 4 is 5.91 Å². The summed E-state index contributed by atoms with van der Waals surface area (Å²) in [4.78, 5) is 13.9. The molecule has 1 aliphatic heterocycles. The number of nitrogens with two attached hydrogens (primary N) is 1. The summed E-state index contributed by atoms with van der Waals surface area (Å²) in [6, 6.07) is 0.361. The normalized spacial score (nSPS) is 33.4. The van der Waals surface area contributed by atoms with Gasteiger partial charge in [-0.25, -0.2) is 0 Å². The predicted octanol–water partition coefficient (Wildman–Crippen LogP) is 1.54. The SMILES string of the molecule is CC(C)=CC(=O)N1C[C@H]2CCC(N)C[C@H]2C1. The summed E-state index contributed by atoms with van der Waals surface area (Å²) in [5, 5.41) is 0. The minimum Gasteiger partial charge on any atom is -0.339 e. The van der Waals surface area contributed by atoms with E-state index in [0.717, 1.165) is 31.5 Å². The van der Waals surface area contributed by atoms with Gasteiger partial charge in [-0.2, -0.15) is 0 Å². The van der Waals surface area contributed by atoms with Crippen LogP contribution in [0.2, 0.25) is 0 Å². The van der Waals surface area contributed by atoms with Crippen LogP contribution in [0.25, 0.3) is 0 Å². The zero-order valence-corrected chi connectivity index (χ0v) is 10.3. The molecule has 3 atom stereocenters. The first-order chi connectivity index (χ1) is 7.56. The second kappa shape index (κ2) is 4.58. The number of allylic oxidation sites excluding steroid dienone is 1. The molecule has 90 valence electrons. The minimum atomic E-state index is 0.183. The summed E-state index contributed by atoms with van der Waals surface area (Å²) < 4.78 is 0. The molecular weight excluding hydrogens is 200 g/mol. The molecule has 3 nitrogen and oxygen atoms in total. The van der Waals surface area contributed by atoms with Crippen LogP contribution >= 0.6 is 0 Å². The number of carbonyl (C=O) groups is 1. The Morgan fingerprint density at radius 3 is 2.62 bits per heavy atom. The van der Waals surface area contributed by atoms with E-state index in [-0.39, 0.29) is 5.91 Å². The van der Waals surface area contributed by atoms with E-state index in [4.69, 9.17) is 5.73 Å². The first kappa shape index (κ1) is 11.6. The Balaban J connectivity index is 1.97. The van der Waals surface area contributed by atoms with E-state index in [1.54, 1.807) is 6.08 Å². The number of fused-ring (bicyclic) bond motifs is 1. The number of hydrogen-bond acceptors (Lipinski definition) is 2. The first-order valence-corrected chi connectivity index (χ1v) is 6.25. The number of carbonyl (C=O) groups excluding carboxylic acids is 1. The predicted molar refractivity (Wildman–Crippen MR) is 64.8 cm³/mol. The highest BCUT2D eigenvalue weighted by atomic mass is 16.2. The first-order valence-electron chi connectivity index (χ1n) is 6.25. The quantitative estimate of drug-likeness (QED) is 0.684. The van der Waals surface area contributed by atoms with Crippen LogP contribution in [-0.2, 0) is 4.79 Å². The lowest BCUT2D eigenvalue weighted by molar-refractivity contribution is -0.125. The second-order valence-electron chi connectivity index (χ2n) is 5.56. The van der Waals surface area contributed by atoms with E-state index in [1.807, 2.05) is 18.7 Å². The van der Waals surface area contributed by atoms with Crippen LogP contribution in [0.4, 0.5) is 0 Å². The van der Waals surface area contributed by atoms with Crippen LogP contribution in [0, 0.1) is 11.8 Å². The lowest BCUT2D eigenvalue weighted by Gasteiger charge is -2.27. The largest absolute Gasteiger partial charge is 0.339 e. The lowest BCUT2D eigenvalue weighted by Crippen LogP contribution is -2.32. The molecule has 0 bridgehead atoms. The Kier molecular flexibility index (Phi) is 3.33. The standard InChI is InChI=1S/C13H22N2O/c1-9(2)5-13(16)15-7-10-3-4-12(14)6-11(10)8-15/h5,10-12H,3-4,6-8,14H2,1-2H3/t10-,11+,12?/m1/s1. The van der Waals surface area contributed by atoms with E-state index >= 15 is 0 Å². The van der Waals surface area contributed by atoms with E-state index in [0.29, 0.717) is 17.9 Å². The summed E-state index contributed by atoms with van der Waals surface area (Å²) >= 11 is 0. The molecule has 1 unspecified atom stereocenters. The topological polar surface area (TPSA) is 46.3 Å². The van der Waals surface area contributed by atoms with Crippen LogP contribution in [0.5, 0.6) is 0 Å². The third kappa shape index (κ3) is 2.46. The molecule has 1 saturated carbocycles. The molecule has 1 aliphatic carbocycles. The Morgan fingerprint density at radius 2 is 1.94 bits per heavy atom. The Bertz CT molecular complexity index is 307. The highest BCUT2D eigenvalue weighted by Gasteiger charge is 2.37. The Morgan fingerprint density at radius 1 is 1.25 bits per heavy atom. The number of nitrogens with zero attached hydrogens (tertiary/aromatic N) is 1. The van der Waals surface area contributed by atoms with Crippen molar-refractivity contribution in [3.63, 3.8) is 0 Å². The molecule has 1 heterocycles. The van der Waals surface area contributed by atoms with Crippen LogP contribution < -0.4 is 5.73 Å². The van der Waals surface area contributed by atoms with Gasteiger partial charge in [0.1, 0.15) is 0 Å². The third-order valence-electron chi connectivity index (χ3n) is 3.81.